The van der Waals surface area contributed by atoms with E-state index in [0.717, 1.165) is 22.4 Å². The van der Waals surface area contributed by atoms with E-state index >= 15 is 0 Å². The molecule has 6 heteroatoms. The van der Waals surface area contributed by atoms with Gasteiger partial charge in [-0.05, 0) is 38.0 Å². The Morgan fingerprint density at radius 2 is 1.95 bits per heavy atom. The molecule has 20 heavy (non-hydrogen) atoms. The number of nitrogens with zero attached hydrogens (tertiary/aromatic N) is 1. The van der Waals surface area contributed by atoms with Crippen LogP contribution in [0, 0.1) is 13.8 Å². The van der Waals surface area contributed by atoms with Crippen molar-refractivity contribution in [3.05, 3.63) is 39.2 Å². The molecule has 0 bridgehead atoms. The minimum Gasteiger partial charge on any atom is -0.438 e. The molecule has 0 aliphatic rings. The number of aromatic nitrogens is 1. The van der Waals surface area contributed by atoms with E-state index in [9.17, 15) is 13.2 Å². The van der Waals surface area contributed by atoms with Crippen molar-refractivity contribution in [2.45, 2.75) is 33.4 Å². The summed E-state index contributed by atoms with van der Waals surface area (Å²) in [5.41, 5.74) is -0.505. The molecule has 0 spiro atoms. The van der Waals surface area contributed by atoms with Crippen molar-refractivity contribution >= 4 is 11.3 Å². The molecule has 1 aromatic heterocycles. The first-order chi connectivity index (χ1) is 9.31. The van der Waals surface area contributed by atoms with Crippen LogP contribution in [0.2, 0.25) is 0 Å². The van der Waals surface area contributed by atoms with Crippen LogP contribution in [0.3, 0.4) is 0 Å². The smallest absolute Gasteiger partial charge is 0.416 e. The fraction of sp³-hybridized carbons (Fsp3) is 0.357. The quantitative estimate of drug-likeness (QED) is 0.783. The van der Waals surface area contributed by atoms with Crippen LogP contribution in [0.25, 0.3) is 0 Å². The summed E-state index contributed by atoms with van der Waals surface area (Å²) in [5.74, 6) is 0.551. The van der Waals surface area contributed by atoms with Gasteiger partial charge in [0.2, 0.25) is 5.88 Å². The molecule has 108 valence electrons. The average Bonchev–Trinajstić information content (AvgIpc) is 2.70. The average molecular weight is 301 g/mol. The number of rotatable bonds is 3. The van der Waals surface area contributed by atoms with E-state index in [2.05, 4.69) is 4.98 Å². The molecule has 2 rings (SSSR count). The summed E-state index contributed by atoms with van der Waals surface area (Å²) in [6.07, 6.45) is -3.64. The van der Waals surface area contributed by atoms with E-state index in [-0.39, 0.29) is 11.3 Å². The third-order valence-corrected chi connectivity index (χ3v) is 3.91. The van der Waals surface area contributed by atoms with Gasteiger partial charge in [0.25, 0.3) is 0 Å². The number of aryl methyl sites for hydroxylation is 3. The largest absolute Gasteiger partial charge is 0.438 e. The highest BCUT2D eigenvalue weighted by Crippen LogP contribution is 2.36. The SMILES string of the molecule is CCc1sc(C)nc1Oc1ccc(C)c(C(F)(F)F)c1. The van der Waals surface area contributed by atoms with Gasteiger partial charge in [-0.25, -0.2) is 4.98 Å². The summed E-state index contributed by atoms with van der Waals surface area (Å²) in [7, 11) is 0. The standard InChI is InChI=1S/C14H14F3NOS/c1-4-12-13(18-9(3)20-12)19-10-6-5-8(2)11(7-10)14(15,16)17/h5-7H,4H2,1-3H3. The van der Waals surface area contributed by atoms with Gasteiger partial charge in [-0.2, -0.15) is 13.2 Å². The molecular formula is C14H14F3NOS. The lowest BCUT2D eigenvalue weighted by Gasteiger charge is -2.12. The highest BCUT2D eigenvalue weighted by Gasteiger charge is 2.32. The van der Waals surface area contributed by atoms with Crippen molar-refractivity contribution in [3.8, 4) is 11.6 Å². The summed E-state index contributed by atoms with van der Waals surface area (Å²) in [6.45, 7) is 5.22. The molecule has 0 atom stereocenters. The van der Waals surface area contributed by atoms with Crippen molar-refractivity contribution in [2.24, 2.45) is 0 Å². The lowest BCUT2D eigenvalue weighted by molar-refractivity contribution is -0.138. The first kappa shape index (κ1) is 14.8. The molecular weight excluding hydrogens is 287 g/mol. The van der Waals surface area contributed by atoms with E-state index in [1.165, 1.54) is 30.4 Å². The Bertz CT molecular complexity index is 619. The van der Waals surface area contributed by atoms with Crippen LogP contribution in [0.1, 0.15) is 27.9 Å². The molecule has 1 aromatic carbocycles. The Kier molecular flexibility index (Phi) is 4.04. The van der Waals surface area contributed by atoms with Gasteiger partial charge in [-0.15, -0.1) is 11.3 Å². The van der Waals surface area contributed by atoms with Crippen molar-refractivity contribution < 1.29 is 17.9 Å². The number of hydrogen-bond acceptors (Lipinski definition) is 3. The summed E-state index contributed by atoms with van der Waals surface area (Å²) >= 11 is 1.49. The summed E-state index contributed by atoms with van der Waals surface area (Å²) in [5, 5.41) is 0.833. The second-order valence-electron chi connectivity index (χ2n) is 4.39. The number of ether oxygens (including phenoxy) is 1. The van der Waals surface area contributed by atoms with E-state index in [0.29, 0.717) is 5.88 Å². The Hall–Kier alpha value is -1.56. The number of hydrogen-bond donors (Lipinski definition) is 0. The zero-order valence-corrected chi connectivity index (χ0v) is 12.2. The lowest BCUT2D eigenvalue weighted by atomic mass is 10.1. The zero-order valence-electron chi connectivity index (χ0n) is 11.3. The van der Waals surface area contributed by atoms with Gasteiger partial charge in [-0.3, -0.25) is 0 Å². The third kappa shape index (κ3) is 3.12. The first-order valence-corrected chi connectivity index (χ1v) is 6.95. The van der Waals surface area contributed by atoms with Crippen LogP contribution >= 0.6 is 11.3 Å². The normalized spacial score (nSPS) is 11.7. The maximum Gasteiger partial charge on any atom is 0.416 e. The van der Waals surface area contributed by atoms with E-state index in [4.69, 9.17) is 4.74 Å². The van der Waals surface area contributed by atoms with Gasteiger partial charge in [0.1, 0.15) is 5.75 Å². The predicted molar refractivity (Wildman–Crippen MR) is 72.5 cm³/mol. The molecule has 0 radical (unpaired) electrons. The van der Waals surface area contributed by atoms with Gasteiger partial charge in [0.15, 0.2) is 0 Å². The molecule has 2 nitrogen and oxygen atoms in total. The van der Waals surface area contributed by atoms with Crippen LogP contribution in [0.15, 0.2) is 18.2 Å². The van der Waals surface area contributed by atoms with Crippen LogP contribution in [-0.2, 0) is 12.6 Å². The maximum atomic E-state index is 12.8. The highest BCUT2D eigenvalue weighted by molar-refractivity contribution is 7.11. The Balaban J connectivity index is 2.35. The summed E-state index contributed by atoms with van der Waals surface area (Å²) in [6, 6.07) is 3.95. The van der Waals surface area contributed by atoms with Crippen molar-refractivity contribution in [2.75, 3.05) is 0 Å². The van der Waals surface area contributed by atoms with Gasteiger partial charge < -0.3 is 4.74 Å². The summed E-state index contributed by atoms with van der Waals surface area (Å²) < 4.78 is 44.1. The van der Waals surface area contributed by atoms with E-state index in [1.807, 2.05) is 13.8 Å². The van der Waals surface area contributed by atoms with Crippen LogP contribution in [0.4, 0.5) is 13.2 Å². The fourth-order valence-corrected chi connectivity index (χ4v) is 2.64. The molecule has 2 aromatic rings. The van der Waals surface area contributed by atoms with Gasteiger partial charge in [-0.1, -0.05) is 13.0 Å². The van der Waals surface area contributed by atoms with Gasteiger partial charge in [0.05, 0.1) is 15.4 Å². The molecule has 0 amide bonds. The molecule has 0 N–H and O–H groups in total. The second kappa shape index (κ2) is 5.44. The number of halogens is 3. The lowest BCUT2D eigenvalue weighted by Crippen LogP contribution is -2.07. The Morgan fingerprint density at radius 3 is 2.55 bits per heavy atom. The number of benzene rings is 1. The predicted octanol–water partition coefficient (Wildman–Crippen LogP) is 5.13. The minimum absolute atomic E-state index is 0.155. The Morgan fingerprint density at radius 1 is 1.25 bits per heavy atom. The van der Waals surface area contributed by atoms with Crippen LogP contribution < -0.4 is 4.74 Å². The molecule has 0 aliphatic heterocycles. The summed E-state index contributed by atoms with van der Waals surface area (Å²) in [4.78, 5) is 5.13. The Labute approximate surface area is 119 Å². The number of thiazole rings is 1. The molecule has 1 heterocycles. The minimum atomic E-state index is -4.38. The van der Waals surface area contributed by atoms with Crippen LogP contribution in [0.5, 0.6) is 11.6 Å². The van der Waals surface area contributed by atoms with E-state index < -0.39 is 11.7 Å². The first-order valence-electron chi connectivity index (χ1n) is 6.13. The molecule has 0 fully saturated rings. The van der Waals surface area contributed by atoms with E-state index in [1.54, 1.807) is 0 Å². The third-order valence-electron chi connectivity index (χ3n) is 2.82. The fourth-order valence-electron chi connectivity index (χ4n) is 1.83. The van der Waals surface area contributed by atoms with Gasteiger partial charge >= 0.3 is 6.18 Å². The topological polar surface area (TPSA) is 22.1 Å². The van der Waals surface area contributed by atoms with Gasteiger partial charge in [0, 0.05) is 0 Å². The number of alkyl halides is 3. The molecule has 0 saturated heterocycles. The van der Waals surface area contributed by atoms with Crippen molar-refractivity contribution in [1.29, 1.82) is 0 Å². The monoisotopic (exact) mass is 301 g/mol. The zero-order chi connectivity index (χ0) is 14.9. The van der Waals surface area contributed by atoms with Crippen molar-refractivity contribution in [1.82, 2.24) is 4.98 Å². The molecule has 0 unspecified atom stereocenters. The van der Waals surface area contributed by atoms with Crippen molar-refractivity contribution in [3.63, 3.8) is 0 Å². The van der Waals surface area contributed by atoms with Crippen LogP contribution in [-0.4, -0.2) is 4.98 Å². The molecule has 0 saturated carbocycles. The molecule has 0 aliphatic carbocycles. The highest BCUT2D eigenvalue weighted by atomic mass is 32.1. The maximum absolute atomic E-state index is 12.8. The second-order valence-corrected chi connectivity index (χ2v) is 5.68.